The second kappa shape index (κ2) is 6.88. The van der Waals surface area contributed by atoms with E-state index in [0.717, 1.165) is 23.4 Å². The van der Waals surface area contributed by atoms with Crippen molar-refractivity contribution >= 4 is 5.78 Å². The van der Waals surface area contributed by atoms with Gasteiger partial charge >= 0.3 is 0 Å². The van der Waals surface area contributed by atoms with Crippen molar-refractivity contribution in [2.75, 3.05) is 6.61 Å². The van der Waals surface area contributed by atoms with Crippen LogP contribution in [0.25, 0.3) is 0 Å². The number of ether oxygens (including phenoxy) is 1. The van der Waals surface area contributed by atoms with Crippen molar-refractivity contribution in [3.63, 3.8) is 0 Å². The van der Waals surface area contributed by atoms with E-state index < -0.39 is 0 Å². The smallest absolute Gasteiger partial charge is 0.259 e. The van der Waals surface area contributed by atoms with Gasteiger partial charge in [0.05, 0.1) is 12.2 Å². The van der Waals surface area contributed by atoms with Crippen LogP contribution in [-0.4, -0.2) is 17.4 Å². The van der Waals surface area contributed by atoms with Crippen molar-refractivity contribution < 1.29 is 9.53 Å². The van der Waals surface area contributed by atoms with E-state index in [0.29, 0.717) is 23.7 Å². The second-order valence-corrected chi connectivity index (χ2v) is 7.11. The molecule has 0 aliphatic carbocycles. The molecule has 3 aromatic rings. The molecule has 27 heavy (non-hydrogen) atoms. The van der Waals surface area contributed by atoms with E-state index in [1.807, 2.05) is 30.3 Å². The Balaban J connectivity index is 1.63. The fourth-order valence-corrected chi connectivity index (χ4v) is 3.73. The molecule has 1 aliphatic heterocycles. The Hall–Kier alpha value is -3.14. The Morgan fingerprint density at radius 2 is 1.85 bits per heavy atom. The molecule has 2 aromatic carbocycles. The van der Waals surface area contributed by atoms with Gasteiger partial charge in [0.15, 0.2) is 5.78 Å². The number of H-pyrrole nitrogens is 1. The summed E-state index contributed by atoms with van der Waals surface area (Å²) >= 11 is 0. The van der Waals surface area contributed by atoms with Crippen LogP contribution >= 0.6 is 0 Å². The van der Waals surface area contributed by atoms with Gasteiger partial charge in [0, 0.05) is 17.2 Å². The first-order chi connectivity index (χ1) is 13.0. The second-order valence-electron chi connectivity index (χ2n) is 7.11. The van der Waals surface area contributed by atoms with Crippen LogP contribution in [0.1, 0.15) is 44.2 Å². The average Bonchev–Trinajstić information content (AvgIpc) is 2.67. The highest BCUT2D eigenvalue weighted by atomic mass is 16.5. The fraction of sp³-hybridized carbons (Fsp3) is 0.217. The van der Waals surface area contributed by atoms with Gasteiger partial charge in [-0.1, -0.05) is 42.5 Å². The molecule has 0 saturated carbocycles. The Labute approximate surface area is 157 Å². The lowest BCUT2D eigenvalue weighted by molar-refractivity contribution is 0.103. The third kappa shape index (κ3) is 3.31. The summed E-state index contributed by atoms with van der Waals surface area (Å²) in [6.45, 7) is 4.17. The number of pyridine rings is 1. The van der Waals surface area contributed by atoms with Crippen molar-refractivity contribution in [2.45, 2.75) is 26.2 Å². The summed E-state index contributed by atoms with van der Waals surface area (Å²) in [5, 5.41) is 0. The molecule has 0 spiro atoms. The van der Waals surface area contributed by atoms with E-state index >= 15 is 0 Å². The molecule has 0 saturated heterocycles. The predicted octanol–water partition coefficient (Wildman–Crippen LogP) is 3.94. The van der Waals surface area contributed by atoms with E-state index in [2.05, 4.69) is 17.1 Å². The quantitative estimate of drug-likeness (QED) is 0.721. The summed E-state index contributed by atoms with van der Waals surface area (Å²) in [5.74, 6) is 0.766. The van der Waals surface area contributed by atoms with Gasteiger partial charge < -0.3 is 9.72 Å². The highest BCUT2D eigenvalue weighted by Crippen LogP contribution is 2.33. The fourth-order valence-electron chi connectivity index (χ4n) is 3.73. The number of fused-ring (bicyclic) bond motifs is 1. The maximum Gasteiger partial charge on any atom is 0.259 e. The number of ketones is 1. The topological polar surface area (TPSA) is 59.2 Å². The molecule has 1 N–H and O–H groups in total. The van der Waals surface area contributed by atoms with Crippen molar-refractivity contribution in [3.8, 4) is 5.75 Å². The lowest BCUT2D eigenvalue weighted by Crippen LogP contribution is -2.22. The zero-order chi connectivity index (χ0) is 19.0. The number of hydrogen-bond donors (Lipinski definition) is 1. The van der Waals surface area contributed by atoms with Crippen LogP contribution in [0, 0.1) is 13.8 Å². The highest BCUT2D eigenvalue weighted by molar-refractivity contribution is 6.09. The summed E-state index contributed by atoms with van der Waals surface area (Å²) in [6.07, 6.45) is 0.873. The largest absolute Gasteiger partial charge is 0.493 e. The van der Waals surface area contributed by atoms with Crippen molar-refractivity contribution in [1.29, 1.82) is 0 Å². The number of carbonyl (C=O) groups is 1. The summed E-state index contributed by atoms with van der Waals surface area (Å²) in [4.78, 5) is 27.9. The molecular formula is C23H21NO3. The van der Waals surface area contributed by atoms with Gasteiger partial charge in [0.2, 0.25) is 0 Å². The van der Waals surface area contributed by atoms with E-state index in [4.69, 9.17) is 4.74 Å². The minimum absolute atomic E-state index is 0.193. The number of aromatic amines is 1. The van der Waals surface area contributed by atoms with Crippen LogP contribution in [0.15, 0.2) is 59.4 Å². The van der Waals surface area contributed by atoms with Gasteiger partial charge in [0.25, 0.3) is 5.56 Å². The molecule has 0 amide bonds. The van der Waals surface area contributed by atoms with Crippen molar-refractivity contribution in [1.82, 2.24) is 4.98 Å². The molecule has 0 fully saturated rings. The highest BCUT2D eigenvalue weighted by Gasteiger charge is 2.23. The minimum Gasteiger partial charge on any atom is -0.493 e. The third-order valence-electron chi connectivity index (χ3n) is 5.10. The maximum atomic E-state index is 12.9. The van der Waals surface area contributed by atoms with Crippen LogP contribution in [0.3, 0.4) is 0 Å². The van der Waals surface area contributed by atoms with Crippen LogP contribution in [0.4, 0.5) is 0 Å². The van der Waals surface area contributed by atoms with Crippen LogP contribution < -0.4 is 10.3 Å². The number of rotatable bonds is 3. The molecule has 4 rings (SSSR count). The molecule has 4 heteroatoms. The number of nitrogens with one attached hydrogen (secondary N) is 1. The molecule has 1 unspecified atom stereocenters. The van der Waals surface area contributed by atoms with E-state index in [1.165, 1.54) is 5.56 Å². The number of aryl methyl sites for hydroxylation is 2. The van der Waals surface area contributed by atoms with E-state index in [9.17, 15) is 9.59 Å². The average molecular weight is 359 g/mol. The van der Waals surface area contributed by atoms with Gasteiger partial charge in [-0.05, 0) is 49.1 Å². The number of aromatic nitrogens is 1. The van der Waals surface area contributed by atoms with Gasteiger partial charge in [-0.2, -0.15) is 0 Å². The first-order valence-corrected chi connectivity index (χ1v) is 9.09. The summed E-state index contributed by atoms with van der Waals surface area (Å²) in [6, 6.07) is 17.6. The summed E-state index contributed by atoms with van der Waals surface area (Å²) in [7, 11) is 0. The van der Waals surface area contributed by atoms with E-state index in [-0.39, 0.29) is 16.9 Å². The first kappa shape index (κ1) is 17.3. The molecular weight excluding hydrogens is 338 g/mol. The van der Waals surface area contributed by atoms with Crippen LogP contribution in [0.5, 0.6) is 5.75 Å². The first-order valence-electron chi connectivity index (χ1n) is 9.09. The number of benzene rings is 2. The monoisotopic (exact) mass is 359 g/mol. The van der Waals surface area contributed by atoms with Crippen molar-refractivity contribution in [3.05, 3.63) is 98.5 Å². The third-order valence-corrected chi connectivity index (χ3v) is 5.10. The Morgan fingerprint density at radius 3 is 2.59 bits per heavy atom. The lowest BCUT2D eigenvalue weighted by Gasteiger charge is -2.26. The normalized spacial score (nSPS) is 15.7. The van der Waals surface area contributed by atoms with Gasteiger partial charge in [-0.25, -0.2) is 0 Å². The van der Waals surface area contributed by atoms with Gasteiger partial charge in [0.1, 0.15) is 5.75 Å². The van der Waals surface area contributed by atoms with Crippen LogP contribution in [-0.2, 0) is 6.42 Å². The van der Waals surface area contributed by atoms with Crippen LogP contribution in [0.2, 0.25) is 0 Å². The molecule has 2 heterocycles. The van der Waals surface area contributed by atoms with Gasteiger partial charge in [-0.15, -0.1) is 0 Å². The molecule has 1 atom stereocenters. The Morgan fingerprint density at radius 1 is 1.07 bits per heavy atom. The lowest BCUT2D eigenvalue weighted by atomic mass is 9.89. The molecule has 0 bridgehead atoms. The van der Waals surface area contributed by atoms with Crippen molar-refractivity contribution in [2.24, 2.45) is 0 Å². The molecule has 4 nitrogen and oxygen atoms in total. The Kier molecular flexibility index (Phi) is 4.40. The number of hydrogen-bond acceptors (Lipinski definition) is 3. The summed E-state index contributed by atoms with van der Waals surface area (Å²) in [5.41, 5.74) is 4.09. The standard InChI is InChI=1S/C23H21NO3/c1-14-10-15(2)24-23(26)21(14)22(25)18-9-8-17-11-19(13-27-20(17)12-18)16-6-4-3-5-7-16/h3-10,12,19H,11,13H2,1-2H3,(H,24,26). The number of carbonyl (C=O) groups excluding carboxylic acids is 1. The zero-order valence-corrected chi connectivity index (χ0v) is 15.4. The maximum absolute atomic E-state index is 12.9. The minimum atomic E-state index is -0.347. The molecule has 1 aliphatic rings. The SMILES string of the molecule is Cc1cc(C)c(C(=O)c2ccc3c(c2)OCC(c2ccccc2)C3)c(=O)[nH]1. The predicted molar refractivity (Wildman–Crippen MR) is 105 cm³/mol. The summed E-state index contributed by atoms with van der Waals surface area (Å²) < 4.78 is 5.96. The van der Waals surface area contributed by atoms with Gasteiger partial charge in [-0.3, -0.25) is 9.59 Å². The molecule has 0 radical (unpaired) electrons. The molecule has 136 valence electrons. The van der Waals surface area contributed by atoms with E-state index in [1.54, 1.807) is 26.0 Å². The zero-order valence-electron chi connectivity index (χ0n) is 15.4. The Bertz CT molecular complexity index is 1070. The molecule has 1 aromatic heterocycles.